The zero-order valence-electron chi connectivity index (χ0n) is 14.2. The normalized spacial score (nSPS) is 17.9. The maximum absolute atomic E-state index is 5.77. The van der Waals surface area contributed by atoms with Crippen LogP contribution in [0, 0.1) is 0 Å². The molecule has 0 spiro atoms. The summed E-state index contributed by atoms with van der Waals surface area (Å²) < 4.78 is 16.8. The second-order valence-electron chi connectivity index (χ2n) is 6.13. The Morgan fingerprint density at radius 3 is 2.80 bits per heavy atom. The highest BCUT2D eigenvalue weighted by Crippen LogP contribution is 2.35. The summed E-state index contributed by atoms with van der Waals surface area (Å²) in [5.41, 5.74) is 2.02. The molecule has 0 atom stereocenters. The lowest BCUT2D eigenvalue weighted by molar-refractivity contribution is 0.0398. The topological polar surface area (TPSA) is 55.9 Å². The van der Waals surface area contributed by atoms with Crippen molar-refractivity contribution in [3.8, 4) is 22.8 Å². The van der Waals surface area contributed by atoms with Crippen molar-refractivity contribution in [3.05, 3.63) is 23.6 Å². The molecule has 1 N–H and O–H groups in total. The van der Waals surface area contributed by atoms with Crippen LogP contribution in [0.2, 0.25) is 0 Å². The zero-order chi connectivity index (χ0) is 16.9. The third-order valence-corrected chi connectivity index (χ3v) is 5.16. The number of rotatable bonds is 5. The van der Waals surface area contributed by atoms with Gasteiger partial charge in [0.1, 0.15) is 0 Å². The van der Waals surface area contributed by atoms with Gasteiger partial charge in [-0.3, -0.25) is 4.90 Å². The fourth-order valence-electron chi connectivity index (χ4n) is 2.96. The third-order valence-electron chi connectivity index (χ3n) is 4.36. The highest BCUT2D eigenvalue weighted by atomic mass is 32.1. The van der Waals surface area contributed by atoms with Crippen LogP contribution in [0.15, 0.2) is 23.6 Å². The Hall–Kier alpha value is -1.83. The Balaban J connectivity index is 1.36. The fourth-order valence-corrected chi connectivity index (χ4v) is 3.70. The van der Waals surface area contributed by atoms with E-state index in [1.807, 2.05) is 18.2 Å². The molecular formula is C18H23N3O3S. The minimum Gasteiger partial charge on any atom is -0.490 e. The number of morpholine rings is 1. The molecule has 25 heavy (non-hydrogen) atoms. The number of fused-ring (bicyclic) bond motifs is 1. The van der Waals surface area contributed by atoms with Crippen LogP contribution in [0.5, 0.6) is 11.5 Å². The van der Waals surface area contributed by atoms with Gasteiger partial charge < -0.3 is 19.5 Å². The van der Waals surface area contributed by atoms with Crippen molar-refractivity contribution < 1.29 is 14.2 Å². The number of thiazole rings is 1. The molecule has 0 saturated carbocycles. The van der Waals surface area contributed by atoms with Gasteiger partial charge in [0, 0.05) is 43.5 Å². The standard InChI is InChI=1S/C18H23N3O3S/c1-8-23-16-3-2-14(12-17(16)24-9-1)15-13-25-18(20-15)19-4-5-21-6-10-22-11-7-21/h2-3,12-13H,1,4-11H2,(H,19,20). The molecule has 2 aliphatic rings. The van der Waals surface area contributed by atoms with Crippen LogP contribution in [-0.4, -0.2) is 62.5 Å². The number of hydrogen-bond acceptors (Lipinski definition) is 7. The number of ether oxygens (including phenoxy) is 3. The summed E-state index contributed by atoms with van der Waals surface area (Å²) in [6, 6.07) is 6.04. The maximum atomic E-state index is 5.77. The molecule has 4 rings (SSSR count). The van der Waals surface area contributed by atoms with Crippen molar-refractivity contribution >= 4 is 16.5 Å². The first-order valence-corrected chi connectivity index (χ1v) is 9.66. The van der Waals surface area contributed by atoms with E-state index >= 15 is 0 Å². The second-order valence-corrected chi connectivity index (χ2v) is 6.99. The smallest absolute Gasteiger partial charge is 0.183 e. The molecule has 1 saturated heterocycles. The molecule has 1 aromatic heterocycles. The highest BCUT2D eigenvalue weighted by Gasteiger charge is 2.13. The van der Waals surface area contributed by atoms with Crippen molar-refractivity contribution in [2.24, 2.45) is 0 Å². The van der Waals surface area contributed by atoms with Gasteiger partial charge in [0.15, 0.2) is 16.6 Å². The first-order chi connectivity index (χ1) is 12.4. The van der Waals surface area contributed by atoms with Gasteiger partial charge in [0.25, 0.3) is 0 Å². The second kappa shape index (κ2) is 8.03. The molecular weight excluding hydrogens is 338 g/mol. The number of anilines is 1. The largest absolute Gasteiger partial charge is 0.490 e. The summed E-state index contributed by atoms with van der Waals surface area (Å²) in [6.45, 7) is 7.03. The SMILES string of the molecule is c1cc2c(cc1-c1csc(NCCN3CCOCC3)n1)OCCCO2. The molecule has 1 fully saturated rings. The molecule has 0 unspecified atom stereocenters. The number of benzene rings is 1. The summed E-state index contributed by atoms with van der Waals surface area (Å²) in [5, 5.41) is 6.46. The summed E-state index contributed by atoms with van der Waals surface area (Å²) in [4.78, 5) is 7.11. The van der Waals surface area contributed by atoms with Crippen LogP contribution >= 0.6 is 11.3 Å². The average Bonchev–Trinajstić information content (AvgIpc) is 2.99. The van der Waals surface area contributed by atoms with Gasteiger partial charge in [-0.05, 0) is 18.2 Å². The molecule has 0 bridgehead atoms. The van der Waals surface area contributed by atoms with Crippen LogP contribution in [0.3, 0.4) is 0 Å². The zero-order valence-corrected chi connectivity index (χ0v) is 15.0. The predicted molar refractivity (Wildman–Crippen MR) is 98.9 cm³/mol. The summed E-state index contributed by atoms with van der Waals surface area (Å²) >= 11 is 1.63. The molecule has 7 heteroatoms. The molecule has 0 aliphatic carbocycles. The Morgan fingerprint density at radius 1 is 1.08 bits per heavy atom. The number of aromatic nitrogens is 1. The van der Waals surface area contributed by atoms with Gasteiger partial charge in [-0.2, -0.15) is 0 Å². The van der Waals surface area contributed by atoms with Gasteiger partial charge in [-0.15, -0.1) is 11.3 Å². The minimum atomic E-state index is 0.696. The Morgan fingerprint density at radius 2 is 1.92 bits per heavy atom. The van der Waals surface area contributed by atoms with Crippen LogP contribution < -0.4 is 14.8 Å². The molecule has 1 aromatic carbocycles. The Bertz CT molecular complexity index is 701. The first kappa shape index (κ1) is 16.6. The quantitative estimate of drug-likeness (QED) is 0.884. The van der Waals surface area contributed by atoms with Crippen LogP contribution in [-0.2, 0) is 4.74 Å². The van der Waals surface area contributed by atoms with Crippen molar-refractivity contribution in [1.82, 2.24) is 9.88 Å². The average molecular weight is 361 g/mol. The molecule has 2 aromatic rings. The molecule has 0 radical (unpaired) electrons. The van der Waals surface area contributed by atoms with E-state index < -0.39 is 0 Å². The van der Waals surface area contributed by atoms with Crippen molar-refractivity contribution in [2.75, 3.05) is 57.9 Å². The third kappa shape index (κ3) is 4.23. The minimum absolute atomic E-state index is 0.696. The first-order valence-electron chi connectivity index (χ1n) is 8.78. The maximum Gasteiger partial charge on any atom is 0.183 e. The van der Waals surface area contributed by atoms with Crippen molar-refractivity contribution in [1.29, 1.82) is 0 Å². The lowest BCUT2D eigenvalue weighted by atomic mass is 10.1. The van der Waals surface area contributed by atoms with Gasteiger partial charge in [0.2, 0.25) is 0 Å². The Kier molecular flexibility index (Phi) is 5.34. The Labute approximate surface area is 151 Å². The van der Waals surface area contributed by atoms with Crippen LogP contribution in [0.4, 0.5) is 5.13 Å². The molecule has 6 nitrogen and oxygen atoms in total. The molecule has 3 heterocycles. The fraction of sp³-hybridized carbons (Fsp3) is 0.500. The predicted octanol–water partition coefficient (Wildman–Crippen LogP) is 2.72. The van der Waals surface area contributed by atoms with Crippen molar-refractivity contribution in [2.45, 2.75) is 6.42 Å². The summed E-state index contributed by atoms with van der Waals surface area (Å²) in [7, 11) is 0. The van der Waals surface area contributed by atoms with E-state index in [4.69, 9.17) is 19.2 Å². The van der Waals surface area contributed by atoms with Gasteiger partial charge in [0.05, 0.1) is 32.1 Å². The van der Waals surface area contributed by atoms with E-state index in [2.05, 4.69) is 15.6 Å². The highest BCUT2D eigenvalue weighted by molar-refractivity contribution is 7.14. The molecule has 0 amide bonds. The monoisotopic (exact) mass is 361 g/mol. The van der Waals surface area contributed by atoms with Crippen LogP contribution in [0.1, 0.15) is 6.42 Å². The number of nitrogens with zero attached hydrogens (tertiary/aromatic N) is 2. The number of hydrogen-bond donors (Lipinski definition) is 1. The molecule has 134 valence electrons. The van der Waals surface area contributed by atoms with E-state index in [0.29, 0.717) is 13.2 Å². The lowest BCUT2D eigenvalue weighted by Gasteiger charge is -2.26. The lowest BCUT2D eigenvalue weighted by Crippen LogP contribution is -2.38. The van der Waals surface area contributed by atoms with Crippen LogP contribution in [0.25, 0.3) is 11.3 Å². The van der Waals surface area contributed by atoms with E-state index in [1.165, 1.54) is 0 Å². The summed E-state index contributed by atoms with van der Waals surface area (Å²) in [6.07, 6.45) is 0.915. The number of nitrogens with one attached hydrogen (secondary N) is 1. The van der Waals surface area contributed by atoms with E-state index in [0.717, 1.165) is 73.7 Å². The summed E-state index contributed by atoms with van der Waals surface area (Å²) in [5.74, 6) is 1.63. The van der Waals surface area contributed by atoms with E-state index in [9.17, 15) is 0 Å². The van der Waals surface area contributed by atoms with Gasteiger partial charge >= 0.3 is 0 Å². The van der Waals surface area contributed by atoms with Gasteiger partial charge in [-0.25, -0.2) is 4.98 Å². The molecule has 2 aliphatic heterocycles. The van der Waals surface area contributed by atoms with E-state index in [1.54, 1.807) is 11.3 Å². The van der Waals surface area contributed by atoms with E-state index in [-0.39, 0.29) is 0 Å². The van der Waals surface area contributed by atoms with Gasteiger partial charge in [-0.1, -0.05) is 0 Å². The van der Waals surface area contributed by atoms with Crippen molar-refractivity contribution in [3.63, 3.8) is 0 Å².